The first-order valence-corrected chi connectivity index (χ1v) is 8.63. The highest BCUT2D eigenvalue weighted by Gasteiger charge is 2.15. The molecule has 1 rings (SSSR count). The third kappa shape index (κ3) is 7.49. The van der Waals surface area contributed by atoms with E-state index in [1.165, 1.54) is 0 Å². The molecule has 6 nitrogen and oxygen atoms in total. The van der Waals surface area contributed by atoms with Gasteiger partial charge in [-0.2, -0.15) is 0 Å². The Bertz CT molecular complexity index is 364. The van der Waals surface area contributed by atoms with Crippen molar-refractivity contribution in [3.8, 4) is 0 Å². The number of carbonyl (C=O) groups excluding carboxylic acids is 1. The Balaban J connectivity index is 2.10. The summed E-state index contributed by atoms with van der Waals surface area (Å²) in [6, 6.07) is 0. The highest BCUT2D eigenvalue weighted by atomic mass is 32.2. The fraction of sp³-hybridized carbons (Fsp3) is 0.917. The van der Waals surface area contributed by atoms with Gasteiger partial charge in [-0.15, -0.1) is 0 Å². The van der Waals surface area contributed by atoms with Gasteiger partial charge in [-0.3, -0.25) is 4.79 Å². The number of nitrogens with one attached hydrogen (secondary N) is 3. The highest BCUT2D eigenvalue weighted by Crippen LogP contribution is 2.17. The maximum absolute atomic E-state index is 11.6. The van der Waals surface area contributed by atoms with E-state index in [0.29, 0.717) is 18.9 Å². The SMILES string of the molecule is CCNS(=O)(=O)CCNC(=O)CCC1CCNCC1. The van der Waals surface area contributed by atoms with Crippen LogP contribution in [0, 0.1) is 5.92 Å². The molecule has 1 amide bonds. The van der Waals surface area contributed by atoms with Gasteiger partial charge in [0.1, 0.15) is 0 Å². The fourth-order valence-electron chi connectivity index (χ4n) is 2.21. The molecule has 3 N–H and O–H groups in total. The lowest BCUT2D eigenvalue weighted by molar-refractivity contribution is -0.121. The lowest BCUT2D eigenvalue weighted by Gasteiger charge is -2.22. The third-order valence-corrected chi connectivity index (χ3v) is 4.77. The maximum atomic E-state index is 11.6. The molecule has 19 heavy (non-hydrogen) atoms. The number of hydrogen-bond acceptors (Lipinski definition) is 4. The van der Waals surface area contributed by atoms with Crippen molar-refractivity contribution >= 4 is 15.9 Å². The molecule has 0 atom stereocenters. The number of sulfonamides is 1. The summed E-state index contributed by atoms with van der Waals surface area (Å²) < 4.78 is 25.1. The molecule has 112 valence electrons. The Kier molecular flexibility index (Phi) is 7.33. The lowest BCUT2D eigenvalue weighted by Crippen LogP contribution is -2.34. The van der Waals surface area contributed by atoms with Gasteiger partial charge in [0.2, 0.25) is 15.9 Å². The predicted octanol–water partition coefficient (Wildman–Crippen LogP) is -0.178. The monoisotopic (exact) mass is 291 g/mol. The van der Waals surface area contributed by atoms with Crippen LogP contribution in [0.5, 0.6) is 0 Å². The summed E-state index contributed by atoms with van der Waals surface area (Å²) >= 11 is 0. The molecule has 0 aromatic heterocycles. The Morgan fingerprint density at radius 2 is 2.00 bits per heavy atom. The fourth-order valence-corrected chi connectivity index (χ4v) is 3.17. The number of hydrogen-bond donors (Lipinski definition) is 3. The second-order valence-electron chi connectivity index (χ2n) is 4.90. The Hall–Kier alpha value is -0.660. The van der Waals surface area contributed by atoms with Gasteiger partial charge < -0.3 is 10.6 Å². The molecule has 0 aromatic rings. The molecular weight excluding hydrogens is 266 g/mol. The van der Waals surface area contributed by atoms with Gasteiger partial charge in [-0.25, -0.2) is 13.1 Å². The first-order valence-electron chi connectivity index (χ1n) is 6.98. The molecule has 1 heterocycles. The van der Waals surface area contributed by atoms with Crippen molar-refractivity contribution in [2.24, 2.45) is 5.92 Å². The van der Waals surface area contributed by atoms with Crippen LogP contribution in [0.2, 0.25) is 0 Å². The summed E-state index contributed by atoms with van der Waals surface area (Å²) in [5, 5.41) is 5.95. The van der Waals surface area contributed by atoms with E-state index in [-0.39, 0.29) is 18.2 Å². The normalized spacial score (nSPS) is 17.3. The topological polar surface area (TPSA) is 87.3 Å². The average Bonchev–Trinajstić information content (AvgIpc) is 2.37. The van der Waals surface area contributed by atoms with Crippen LogP contribution in [0.3, 0.4) is 0 Å². The summed E-state index contributed by atoms with van der Waals surface area (Å²) in [7, 11) is -3.24. The van der Waals surface area contributed by atoms with E-state index < -0.39 is 10.0 Å². The van der Waals surface area contributed by atoms with E-state index >= 15 is 0 Å². The summed E-state index contributed by atoms with van der Waals surface area (Å²) in [4.78, 5) is 11.6. The van der Waals surface area contributed by atoms with Crippen LogP contribution in [-0.2, 0) is 14.8 Å². The van der Waals surface area contributed by atoms with E-state index in [0.717, 1.165) is 32.4 Å². The molecule has 7 heteroatoms. The quantitative estimate of drug-likeness (QED) is 0.579. The van der Waals surface area contributed by atoms with Crippen LogP contribution in [-0.4, -0.2) is 46.3 Å². The van der Waals surface area contributed by atoms with Gasteiger partial charge in [0.25, 0.3) is 0 Å². The van der Waals surface area contributed by atoms with Gasteiger partial charge in [-0.1, -0.05) is 6.92 Å². The zero-order valence-electron chi connectivity index (χ0n) is 11.6. The molecule has 1 aliphatic rings. The highest BCUT2D eigenvalue weighted by molar-refractivity contribution is 7.89. The van der Waals surface area contributed by atoms with E-state index in [4.69, 9.17) is 0 Å². The molecule has 0 spiro atoms. The molecule has 1 aliphatic heterocycles. The van der Waals surface area contributed by atoms with E-state index in [1.54, 1.807) is 6.92 Å². The van der Waals surface area contributed by atoms with Crippen molar-refractivity contribution < 1.29 is 13.2 Å². The molecule has 1 fully saturated rings. The maximum Gasteiger partial charge on any atom is 0.220 e. The van der Waals surface area contributed by atoms with Crippen molar-refractivity contribution in [1.29, 1.82) is 0 Å². The average molecular weight is 291 g/mol. The van der Waals surface area contributed by atoms with Gasteiger partial charge in [-0.05, 0) is 38.3 Å². The smallest absolute Gasteiger partial charge is 0.220 e. The van der Waals surface area contributed by atoms with Crippen molar-refractivity contribution in [3.63, 3.8) is 0 Å². The number of rotatable bonds is 8. The van der Waals surface area contributed by atoms with Crippen LogP contribution in [0.4, 0.5) is 0 Å². The van der Waals surface area contributed by atoms with Gasteiger partial charge in [0.15, 0.2) is 0 Å². The summed E-state index contributed by atoms with van der Waals surface area (Å²) in [5.41, 5.74) is 0. The van der Waals surface area contributed by atoms with Gasteiger partial charge in [0, 0.05) is 19.5 Å². The Labute approximate surface area is 115 Å². The van der Waals surface area contributed by atoms with E-state index in [1.807, 2.05) is 0 Å². The van der Waals surface area contributed by atoms with Crippen LogP contribution in [0.25, 0.3) is 0 Å². The minimum absolute atomic E-state index is 0.0507. The van der Waals surface area contributed by atoms with Crippen LogP contribution in [0.15, 0.2) is 0 Å². The number of piperidine rings is 1. The van der Waals surface area contributed by atoms with Crippen molar-refractivity contribution in [2.75, 3.05) is 31.9 Å². The minimum Gasteiger partial charge on any atom is -0.355 e. The summed E-state index contributed by atoms with van der Waals surface area (Å²) in [5.74, 6) is 0.516. The van der Waals surface area contributed by atoms with E-state index in [2.05, 4.69) is 15.4 Å². The zero-order valence-corrected chi connectivity index (χ0v) is 12.4. The molecule has 0 aromatic carbocycles. The predicted molar refractivity (Wildman–Crippen MR) is 75.3 cm³/mol. The molecular formula is C12H25N3O3S. The number of carbonyl (C=O) groups is 1. The van der Waals surface area contributed by atoms with Crippen molar-refractivity contribution in [2.45, 2.75) is 32.6 Å². The molecule has 0 radical (unpaired) electrons. The zero-order chi connectivity index (χ0) is 14.1. The molecule has 1 saturated heterocycles. The molecule has 0 bridgehead atoms. The third-order valence-electron chi connectivity index (χ3n) is 3.30. The minimum atomic E-state index is -3.24. The molecule has 0 aliphatic carbocycles. The van der Waals surface area contributed by atoms with Crippen LogP contribution >= 0.6 is 0 Å². The van der Waals surface area contributed by atoms with Crippen molar-refractivity contribution in [1.82, 2.24) is 15.4 Å². The van der Waals surface area contributed by atoms with Gasteiger partial charge >= 0.3 is 0 Å². The molecule has 0 saturated carbocycles. The molecule has 0 unspecified atom stereocenters. The lowest BCUT2D eigenvalue weighted by atomic mass is 9.93. The largest absolute Gasteiger partial charge is 0.355 e. The standard InChI is InChI=1S/C12H25N3O3S/c1-2-15-19(17,18)10-9-14-12(16)4-3-11-5-7-13-8-6-11/h11,13,15H,2-10H2,1H3,(H,14,16). The first-order chi connectivity index (χ1) is 9.03. The Morgan fingerprint density at radius 1 is 1.32 bits per heavy atom. The number of amides is 1. The van der Waals surface area contributed by atoms with Crippen LogP contribution < -0.4 is 15.4 Å². The summed E-state index contributed by atoms with van der Waals surface area (Å²) in [6.45, 7) is 4.36. The van der Waals surface area contributed by atoms with Crippen LogP contribution in [0.1, 0.15) is 32.6 Å². The first kappa shape index (κ1) is 16.4. The van der Waals surface area contributed by atoms with Gasteiger partial charge in [0.05, 0.1) is 5.75 Å². The van der Waals surface area contributed by atoms with Crippen molar-refractivity contribution in [3.05, 3.63) is 0 Å². The second-order valence-corrected chi connectivity index (χ2v) is 6.83. The second kappa shape index (κ2) is 8.50. The Morgan fingerprint density at radius 3 is 2.63 bits per heavy atom. The summed E-state index contributed by atoms with van der Waals surface area (Å²) in [6.07, 6.45) is 3.64. The van der Waals surface area contributed by atoms with E-state index in [9.17, 15) is 13.2 Å².